The van der Waals surface area contributed by atoms with Crippen LogP contribution < -0.4 is 14.2 Å². The third-order valence-corrected chi connectivity index (χ3v) is 6.14. The van der Waals surface area contributed by atoms with Gasteiger partial charge in [0.15, 0.2) is 11.5 Å². The van der Waals surface area contributed by atoms with Crippen molar-refractivity contribution in [3.05, 3.63) is 29.3 Å². The molecule has 2 aliphatic carbocycles. The molecule has 2 unspecified atom stereocenters. The first-order valence-corrected chi connectivity index (χ1v) is 9.98. The van der Waals surface area contributed by atoms with Crippen molar-refractivity contribution in [2.45, 2.75) is 50.4 Å². The summed E-state index contributed by atoms with van der Waals surface area (Å²) in [4.78, 5) is 0. The fraction of sp³-hybridized carbons (Fsp3) is 0.636. The van der Waals surface area contributed by atoms with Crippen LogP contribution in [0.25, 0.3) is 0 Å². The number of rotatable bonds is 8. The zero-order chi connectivity index (χ0) is 21.0. The number of aliphatic hydroxyl groups excluding tert-OH is 2. The molecule has 0 saturated heterocycles. The van der Waals surface area contributed by atoms with E-state index < -0.39 is 23.7 Å². The molecule has 1 aromatic rings. The maximum Gasteiger partial charge on any atom is 0.203 e. The molecule has 0 spiro atoms. The van der Waals surface area contributed by atoms with Crippen molar-refractivity contribution in [3.63, 3.8) is 0 Å². The molecule has 1 saturated carbocycles. The molecule has 0 bridgehead atoms. The minimum atomic E-state index is -0.848. The Morgan fingerprint density at radius 1 is 1.03 bits per heavy atom. The second-order valence-electron chi connectivity index (χ2n) is 7.73. The van der Waals surface area contributed by atoms with Gasteiger partial charge in [-0.3, -0.25) is 0 Å². The Kier molecular flexibility index (Phi) is 7.05. The molecule has 1 aromatic carbocycles. The fourth-order valence-corrected chi connectivity index (χ4v) is 4.83. The van der Waals surface area contributed by atoms with E-state index in [0.717, 1.165) is 36.8 Å². The molecule has 7 nitrogen and oxygen atoms in total. The van der Waals surface area contributed by atoms with Crippen LogP contribution in [0.4, 0.5) is 0 Å². The predicted molar refractivity (Wildman–Crippen MR) is 107 cm³/mol. The number of methoxy groups -OCH3 is 4. The third kappa shape index (κ3) is 4.10. The van der Waals surface area contributed by atoms with Crippen molar-refractivity contribution >= 4 is 0 Å². The van der Waals surface area contributed by atoms with Crippen LogP contribution in [0.5, 0.6) is 17.2 Å². The first kappa shape index (κ1) is 21.9. The Balaban J connectivity index is 2.14. The smallest absolute Gasteiger partial charge is 0.203 e. The first-order chi connectivity index (χ1) is 14.0. The molecule has 0 aromatic heterocycles. The van der Waals surface area contributed by atoms with Gasteiger partial charge in [-0.05, 0) is 43.4 Å². The minimum absolute atomic E-state index is 0.106. The standard InChI is InChI=1S/C22H32O7/c1-25-13-29-21(14-9-18(26-2)20(28-4)19(10-14)27-3)22-8-6-5-7-15(22)11-16(23)17(24)12-22/h9-11,16-17,21,23-24H,5-8,12-13H2,1-4H3/t16?,17?,21-,22-/m1/s1. The van der Waals surface area contributed by atoms with Crippen LogP contribution in [0, 0.1) is 5.41 Å². The van der Waals surface area contributed by atoms with Crippen LogP contribution in [0.1, 0.15) is 43.8 Å². The van der Waals surface area contributed by atoms with E-state index in [9.17, 15) is 10.2 Å². The average Bonchev–Trinajstić information content (AvgIpc) is 2.74. The highest BCUT2D eigenvalue weighted by molar-refractivity contribution is 5.55. The second-order valence-corrected chi connectivity index (χ2v) is 7.73. The molecule has 3 rings (SSSR count). The van der Waals surface area contributed by atoms with Gasteiger partial charge in [-0.1, -0.05) is 18.1 Å². The molecule has 1 fully saturated rings. The van der Waals surface area contributed by atoms with Gasteiger partial charge in [-0.25, -0.2) is 0 Å². The Bertz CT molecular complexity index is 707. The molecule has 7 heteroatoms. The fourth-order valence-electron chi connectivity index (χ4n) is 4.83. The monoisotopic (exact) mass is 408 g/mol. The zero-order valence-electron chi connectivity index (χ0n) is 17.6. The summed E-state index contributed by atoms with van der Waals surface area (Å²) in [7, 11) is 6.31. The van der Waals surface area contributed by atoms with E-state index in [1.165, 1.54) is 0 Å². The third-order valence-electron chi connectivity index (χ3n) is 6.14. The minimum Gasteiger partial charge on any atom is -0.493 e. The summed E-state index contributed by atoms with van der Waals surface area (Å²) in [5.74, 6) is 1.60. The number of aliphatic hydroxyl groups is 2. The summed E-state index contributed by atoms with van der Waals surface area (Å²) in [6.07, 6.45) is 3.96. The molecule has 29 heavy (non-hydrogen) atoms. The summed E-state index contributed by atoms with van der Waals surface area (Å²) in [5.41, 5.74) is 1.56. The van der Waals surface area contributed by atoms with Crippen LogP contribution in [0.15, 0.2) is 23.8 Å². The molecule has 0 heterocycles. The van der Waals surface area contributed by atoms with Crippen LogP contribution >= 0.6 is 0 Å². The number of hydrogen-bond donors (Lipinski definition) is 2. The lowest BCUT2D eigenvalue weighted by Gasteiger charge is -2.49. The van der Waals surface area contributed by atoms with Gasteiger partial charge >= 0.3 is 0 Å². The van der Waals surface area contributed by atoms with Crippen LogP contribution in [0.3, 0.4) is 0 Å². The van der Waals surface area contributed by atoms with Crippen molar-refractivity contribution < 1.29 is 33.9 Å². The maximum atomic E-state index is 10.5. The topological polar surface area (TPSA) is 86.6 Å². The summed E-state index contributed by atoms with van der Waals surface area (Å²) in [6.45, 7) is 0.106. The summed E-state index contributed by atoms with van der Waals surface area (Å²) in [5, 5.41) is 20.8. The van der Waals surface area contributed by atoms with Gasteiger partial charge in [0.1, 0.15) is 6.79 Å². The quantitative estimate of drug-likeness (QED) is 0.505. The highest BCUT2D eigenvalue weighted by Crippen LogP contribution is 2.57. The Morgan fingerprint density at radius 2 is 1.72 bits per heavy atom. The summed E-state index contributed by atoms with van der Waals surface area (Å²) < 4.78 is 28.0. The van der Waals surface area contributed by atoms with E-state index >= 15 is 0 Å². The predicted octanol–water partition coefficient (Wildman–Crippen LogP) is 2.99. The van der Waals surface area contributed by atoms with Crippen molar-refractivity contribution in [1.29, 1.82) is 0 Å². The van der Waals surface area contributed by atoms with Gasteiger partial charge < -0.3 is 33.9 Å². The number of hydrogen-bond acceptors (Lipinski definition) is 7. The average molecular weight is 408 g/mol. The number of fused-ring (bicyclic) bond motifs is 1. The maximum absolute atomic E-state index is 10.5. The highest BCUT2D eigenvalue weighted by atomic mass is 16.7. The lowest BCUT2D eigenvalue weighted by molar-refractivity contribution is -0.135. The van der Waals surface area contributed by atoms with Gasteiger partial charge in [0, 0.05) is 12.5 Å². The number of ether oxygens (including phenoxy) is 5. The lowest BCUT2D eigenvalue weighted by Crippen LogP contribution is -2.45. The normalized spacial score (nSPS) is 27.6. The zero-order valence-corrected chi connectivity index (χ0v) is 17.6. The highest BCUT2D eigenvalue weighted by Gasteiger charge is 2.49. The van der Waals surface area contributed by atoms with Crippen LogP contribution in [-0.2, 0) is 9.47 Å². The van der Waals surface area contributed by atoms with Gasteiger partial charge in [-0.15, -0.1) is 0 Å². The Morgan fingerprint density at radius 3 is 2.31 bits per heavy atom. The summed E-state index contributed by atoms with van der Waals surface area (Å²) >= 11 is 0. The van der Waals surface area contributed by atoms with E-state index in [0.29, 0.717) is 23.7 Å². The first-order valence-electron chi connectivity index (χ1n) is 9.98. The molecule has 4 atom stereocenters. The lowest BCUT2D eigenvalue weighted by atomic mass is 9.59. The number of benzene rings is 1. The molecule has 0 radical (unpaired) electrons. The van der Waals surface area contributed by atoms with Crippen LogP contribution in [-0.4, -0.2) is 57.7 Å². The van der Waals surface area contributed by atoms with E-state index in [-0.39, 0.29) is 6.79 Å². The molecule has 162 valence electrons. The van der Waals surface area contributed by atoms with Gasteiger partial charge in [0.2, 0.25) is 5.75 Å². The molecular weight excluding hydrogens is 376 g/mol. The van der Waals surface area contributed by atoms with E-state index in [4.69, 9.17) is 23.7 Å². The van der Waals surface area contributed by atoms with E-state index in [1.54, 1.807) is 28.4 Å². The van der Waals surface area contributed by atoms with Gasteiger partial charge in [0.05, 0.1) is 39.6 Å². The van der Waals surface area contributed by atoms with E-state index in [2.05, 4.69) is 0 Å². The van der Waals surface area contributed by atoms with Crippen LogP contribution in [0.2, 0.25) is 0 Å². The van der Waals surface area contributed by atoms with Crippen molar-refractivity contribution in [2.24, 2.45) is 5.41 Å². The molecule has 2 aliphatic rings. The molecular formula is C22H32O7. The van der Waals surface area contributed by atoms with Crippen molar-refractivity contribution in [2.75, 3.05) is 35.2 Å². The Labute approximate surface area is 172 Å². The largest absolute Gasteiger partial charge is 0.493 e. The SMILES string of the molecule is COCO[C@H](c1cc(OC)c(OC)c(OC)c1)[C@@]12CCCCC1=CC(O)C(O)C2. The van der Waals surface area contributed by atoms with Crippen molar-refractivity contribution in [1.82, 2.24) is 0 Å². The van der Waals surface area contributed by atoms with Gasteiger partial charge in [0.25, 0.3) is 0 Å². The molecule has 2 N–H and O–H groups in total. The summed E-state index contributed by atoms with van der Waals surface area (Å²) in [6, 6.07) is 3.78. The molecule has 0 amide bonds. The van der Waals surface area contributed by atoms with Crippen molar-refractivity contribution in [3.8, 4) is 17.2 Å². The van der Waals surface area contributed by atoms with Gasteiger partial charge in [-0.2, -0.15) is 0 Å². The van der Waals surface area contributed by atoms with E-state index in [1.807, 2.05) is 18.2 Å². The second kappa shape index (κ2) is 9.34. The Hall–Kier alpha value is -1.80. The molecule has 0 aliphatic heterocycles.